The first kappa shape index (κ1) is 16.8. The molecular formula is C18H22N2O3. The van der Waals surface area contributed by atoms with Crippen LogP contribution < -0.4 is 14.8 Å². The van der Waals surface area contributed by atoms with Crippen LogP contribution in [-0.2, 0) is 11.2 Å². The fourth-order valence-corrected chi connectivity index (χ4v) is 2.32. The molecule has 1 unspecified atom stereocenters. The smallest absolute Gasteiger partial charge is 0.220 e. The second-order valence-corrected chi connectivity index (χ2v) is 5.29. The van der Waals surface area contributed by atoms with Gasteiger partial charge in [-0.15, -0.1) is 0 Å². The largest absolute Gasteiger partial charge is 0.497 e. The third-order valence-corrected chi connectivity index (χ3v) is 3.64. The molecule has 1 atom stereocenters. The third kappa shape index (κ3) is 4.98. The normalized spacial score (nSPS) is 11.6. The Morgan fingerprint density at radius 1 is 1.13 bits per heavy atom. The lowest BCUT2D eigenvalue weighted by Crippen LogP contribution is -2.26. The number of nitrogens with one attached hydrogen (secondary N) is 1. The predicted molar refractivity (Wildman–Crippen MR) is 88.7 cm³/mol. The SMILES string of the molecule is COc1cc(CCC(=O)NC(C)c2ccncc2)cc(OC)c1. The Morgan fingerprint density at radius 2 is 1.74 bits per heavy atom. The number of methoxy groups -OCH3 is 2. The molecule has 1 heterocycles. The first-order valence-electron chi connectivity index (χ1n) is 7.53. The molecular weight excluding hydrogens is 292 g/mol. The maximum Gasteiger partial charge on any atom is 0.220 e. The van der Waals surface area contributed by atoms with E-state index in [0.717, 1.165) is 22.6 Å². The van der Waals surface area contributed by atoms with Crippen LogP contribution in [0.5, 0.6) is 11.5 Å². The standard InChI is InChI=1S/C18H22N2O3/c1-13(15-6-8-19-9-7-15)20-18(21)5-4-14-10-16(22-2)12-17(11-14)23-3/h6-13H,4-5H2,1-3H3,(H,20,21). The number of aryl methyl sites for hydroxylation is 1. The van der Waals surface area contributed by atoms with E-state index in [9.17, 15) is 4.79 Å². The molecule has 0 spiro atoms. The van der Waals surface area contributed by atoms with Crippen molar-refractivity contribution in [2.75, 3.05) is 14.2 Å². The highest BCUT2D eigenvalue weighted by atomic mass is 16.5. The number of rotatable bonds is 7. The van der Waals surface area contributed by atoms with Crippen molar-refractivity contribution in [2.24, 2.45) is 0 Å². The van der Waals surface area contributed by atoms with Crippen LogP contribution in [-0.4, -0.2) is 25.1 Å². The van der Waals surface area contributed by atoms with Gasteiger partial charge in [-0.25, -0.2) is 0 Å². The number of aromatic nitrogens is 1. The number of hydrogen-bond donors (Lipinski definition) is 1. The van der Waals surface area contributed by atoms with Crippen LogP contribution in [0.4, 0.5) is 0 Å². The van der Waals surface area contributed by atoms with E-state index < -0.39 is 0 Å². The molecule has 1 aromatic carbocycles. The quantitative estimate of drug-likeness (QED) is 0.853. The molecule has 5 heteroatoms. The molecule has 0 aliphatic heterocycles. The summed E-state index contributed by atoms with van der Waals surface area (Å²) in [5, 5.41) is 2.99. The van der Waals surface area contributed by atoms with Gasteiger partial charge < -0.3 is 14.8 Å². The van der Waals surface area contributed by atoms with Gasteiger partial charge in [0.05, 0.1) is 20.3 Å². The summed E-state index contributed by atoms with van der Waals surface area (Å²) in [4.78, 5) is 16.1. The average molecular weight is 314 g/mol. The second kappa shape index (κ2) is 8.17. The van der Waals surface area contributed by atoms with Crippen LogP contribution in [0.2, 0.25) is 0 Å². The van der Waals surface area contributed by atoms with Crippen molar-refractivity contribution >= 4 is 5.91 Å². The van der Waals surface area contributed by atoms with E-state index in [1.807, 2.05) is 37.3 Å². The highest BCUT2D eigenvalue weighted by Crippen LogP contribution is 2.23. The summed E-state index contributed by atoms with van der Waals surface area (Å²) in [7, 11) is 3.23. The molecule has 0 bridgehead atoms. The van der Waals surface area contributed by atoms with Gasteiger partial charge in [0.25, 0.3) is 0 Å². The summed E-state index contributed by atoms with van der Waals surface area (Å²) in [5.74, 6) is 1.46. The highest BCUT2D eigenvalue weighted by molar-refractivity contribution is 5.76. The number of amides is 1. The van der Waals surface area contributed by atoms with Crippen LogP contribution >= 0.6 is 0 Å². The molecule has 5 nitrogen and oxygen atoms in total. The van der Waals surface area contributed by atoms with Gasteiger partial charge in [0.2, 0.25) is 5.91 Å². The summed E-state index contributed by atoms with van der Waals surface area (Å²) < 4.78 is 10.5. The molecule has 0 aliphatic rings. The molecule has 1 N–H and O–H groups in total. The predicted octanol–water partition coefficient (Wildman–Crippen LogP) is 2.91. The Kier molecular flexibility index (Phi) is 5.97. The fraction of sp³-hybridized carbons (Fsp3) is 0.333. The number of ether oxygens (including phenoxy) is 2. The van der Waals surface area contributed by atoms with Crippen LogP contribution in [0, 0.1) is 0 Å². The van der Waals surface area contributed by atoms with Gasteiger partial charge in [-0.05, 0) is 48.7 Å². The number of pyridine rings is 1. The lowest BCUT2D eigenvalue weighted by Gasteiger charge is -2.14. The van der Waals surface area contributed by atoms with Crippen molar-refractivity contribution in [1.82, 2.24) is 10.3 Å². The van der Waals surface area contributed by atoms with E-state index in [2.05, 4.69) is 10.3 Å². The molecule has 0 aliphatic carbocycles. The fourth-order valence-electron chi connectivity index (χ4n) is 2.32. The van der Waals surface area contributed by atoms with Crippen molar-refractivity contribution < 1.29 is 14.3 Å². The Morgan fingerprint density at radius 3 is 2.30 bits per heavy atom. The minimum Gasteiger partial charge on any atom is -0.497 e. The van der Waals surface area contributed by atoms with Crippen molar-refractivity contribution in [2.45, 2.75) is 25.8 Å². The minimum absolute atomic E-state index is 0.0103. The van der Waals surface area contributed by atoms with Gasteiger partial charge in [0, 0.05) is 24.9 Å². The molecule has 1 aromatic heterocycles. The van der Waals surface area contributed by atoms with Crippen LogP contribution in [0.25, 0.3) is 0 Å². The van der Waals surface area contributed by atoms with Gasteiger partial charge in [0.15, 0.2) is 0 Å². The lowest BCUT2D eigenvalue weighted by atomic mass is 10.1. The van der Waals surface area contributed by atoms with E-state index >= 15 is 0 Å². The molecule has 23 heavy (non-hydrogen) atoms. The number of hydrogen-bond acceptors (Lipinski definition) is 4. The first-order chi connectivity index (χ1) is 11.1. The second-order valence-electron chi connectivity index (χ2n) is 5.29. The van der Waals surface area contributed by atoms with Crippen molar-refractivity contribution in [3.8, 4) is 11.5 Å². The summed E-state index contributed by atoms with van der Waals surface area (Å²) in [6, 6.07) is 9.42. The Hall–Kier alpha value is -2.56. The average Bonchev–Trinajstić information content (AvgIpc) is 2.60. The number of carbonyl (C=O) groups is 1. The van der Waals surface area contributed by atoms with E-state index in [1.54, 1.807) is 26.6 Å². The van der Waals surface area contributed by atoms with E-state index in [4.69, 9.17) is 9.47 Å². The minimum atomic E-state index is -0.0367. The topological polar surface area (TPSA) is 60.5 Å². The van der Waals surface area contributed by atoms with Gasteiger partial charge in [0.1, 0.15) is 11.5 Å². The van der Waals surface area contributed by atoms with E-state index in [0.29, 0.717) is 12.8 Å². The summed E-state index contributed by atoms with van der Waals surface area (Å²) in [6.07, 6.45) is 4.48. The van der Waals surface area contributed by atoms with Crippen molar-refractivity contribution in [1.29, 1.82) is 0 Å². The zero-order valence-corrected chi connectivity index (χ0v) is 13.7. The first-order valence-corrected chi connectivity index (χ1v) is 7.53. The van der Waals surface area contributed by atoms with Crippen LogP contribution in [0.1, 0.15) is 30.5 Å². The third-order valence-electron chi connectivity index (χ3n) is 3.64. The summed E-state index contributed by atoms with van der Waals surface area (Å²) in [6.45, 7) is 1.96. The Bertz CT molecular complexity index is 622. The Labute approximate surface area is 136 Å². The lowest BCUT2D eigenvalue weighted by molar-refractivity contribution is -0.121. The molecule has 1 amide bonds. The number of benzene rings is 1. The van der Waals surface area contributed by atoms with Gasteiger partial charge in [-0.2, -0.15) is 0 Å². The summed E-state index contributed by atoms with van der Waals surface area (Å²) >= 11 is 0. The molecule has 0 fully saturated rings. The Balaban J connectivity index is 1.91. The van der Waals surface area contributed by atoms with Gasteiger partial charge >= 0.3 is 0 Å². The van der Waals surface area contributed by atoms with Gasteiger partial charge in [-0.1, -0.05) is 0 Å². The molecule has 2 rings (SSSR count). The number of carbonyl (C=O) groups excluding carboxylic acids is 1. The van der Waals surface area contributed by atoms with Crippen molar-refractivity contribution in [3.63, 3.8) is 0 Å². The number of nitrogens with zero attached hydrogens (tertiary/aromatic N) is 1. The molecule has 2 aromatic rings. The monoisotopic (exact) mass is 314 g/mol. The maximum atomic E-state index is 12.1. The molecule has 122 valence electrons. The summed E-state index contributed by atoms with van der Waals surface area (Å²) in [5.41, 5.74) is 2.05. The van der Waals surface area contributed by atoms with Crippen LogP contribution in [0.15, 0.2) is 42.7 Å². The van der Waals surface area contributed by atoms with Crippen LogP contribution in [0.3, 0.4) is 0 Å². The maximum absolute atomic E-state index is 12.1. The van der Waals surface area contributed by atoms with E-state index in [1.165, 1.54) is 0 Å². The molecule has 0 saturated heterocycles. The zero-order valence-electron chi connectivity index (χ0n) is 13.7. The van der Waals surface area contributed by atoms with Crippen molar-refractivity contribution in [3.05, 3.63) is 53.9 Å². The highest BCUT2D eigenvalue weighted by Gasteiger charge is 2.10. The van der Waals surface area contributed by atoms with Gasteiger partial charge in [-0.3, -0.25) is 9.78 Å². The molecule has 0 saturated carbocycles. The van der Waals surface area contributed by atoms with E-state index in [-0.39, 0.29) is 11.9 Å². The molecule has 0 radical (unpaired) electrons. The zero-order chi connectivity index (χ0) is 16.7.